The van der Waals surface area contributed by atoms with Gasteiger partial charge in [0.2, 0.25) is 0 Å². The van der Waals surface area contributed by atoms with Crippen LogP contribution in [0.1, 0.15) is 45.0 Å². The van der Waals surface area contributed by atoms with Gasteiger partial charge in [-0.25, -0.2) is 4.79 Å². The lowest BCUT2D eigenvalue weighted by molar-refractivity contribution is 0.0601. The van der Waals surface area contributed by atoms with Gasteiger partial charge in [-0.05, 0) is 25.1 Å². The molecular weight excluding hydrogens is 378 g/mol. The third-order valence-electron chi connectivity index (χ3n) is 2.56. The van der Waals surface area contributed by atoms with Crippen LogP contribution in [0, 0.1) is 0 Å². The van der Waals surface area contributed by atoms with Crippen molar-refractivity contribution in [2.24, 2.45) is 0 Å². The number of halogens is 1. The van der Waals surface area contributed by atoms with Gasteiger partial charge in [0.25, 0.3) is 0 Å². The Balaban J connectivity index is 0. The Morgan fingerprint density at radius 3 is 2.28 bits per heavy atom. The molecule has 0 aliphatic rings. The Bertz CT molecular complexity index is 684. The van der Waals surface area contributed by atoms with Crippen LogP contribution in [-0.4, -0.2) is 18.1 Å². The molecule has 2 rings (SSSR count). The minimum atomic E-state index is -0.331. The maximum absolute atomic E-state index is 11.3. The molecule has 1 heterocycles. The Hall–Kier alpha value is -2.07. The molecule has 0 amide bonds. The molecule has 138 valence electrons. The number of aromatic nitrogens is 1. The molecular formula is C21H30BrNO2. The highest BCUT2D eigenvalue weighted by atomic mass is 79.9. The van der Waals surface area contributed by atoms with E-state index in [1.807, 2.05) is 59.0 Å². The fourth-order valence-corrected chi connectivity index (χ4v) is 2.18. The molecule has 0 saturated heterocycles. The summed E-state index contributed by atoms with van der Waals surface area (Å²) in [7, 11) is 1.37. The Morgan fingerprint density at radius 1 is 1.24 bits per heavy atom. The Labute approximate surface area is 160 Å². The van der Waals surface area contributed by atoms with E-state index in [0.717, 1.165) is 20.9 Å². The van der Waals surface area contributed by atoms with E-state index < -0.39 is 0 Å². The summed E-state index contributed by atoms with van der Waals surface area (Å²) in [6, 6.07) is 5.47. The number of fused-ring (bicyclic) bond motifs is 1. The summed E-state index contributed by atoms with van der Waals surface area (Å²) >= 11 is 3.40. The maximum Gasteiger partial charge on any atom is 0.337 e. The number of benzene rings is 1. The summed E-state index contributed by atoms with van der Waals surface area (Å²) in [5, 5.41) is 1.05. The molecule has 0 aliphatic heterocycles. The number of ether oxygens (including phenoxy) is 1. The van der Waals surface area contributed by atoms with Gasteiger partial charge < -0.3 is 9.72 Å². The fraction of sp³-hybridized carbons (Fsp3) is 0.286. The number of aromatic amines is 1. The van der Waals surface area contributed by atoms with Crippen LogP contribution in [0.4, 0.5) is 0 Å². The van der Waals surface area contributed by atoms with Crippen molar-refractivity contribution in [2.45, 2.75) is 34.6 Å². The van der Waals surface area contributed by atoms with Crippen LogP contribution in [0.5, 0.6) is 0 Å². The molecule has 0 fully saturated rings. The monoisotopic (exact) mass is 407 g/mol. The molecule has 1 aromatic carbocycles. The first-order chi connectivity index (χ1) is 12.0. The van der Waals surface area contributed by atoms with Crippen LogP contribution >= 0.6 is 15.9 Å². The zero-order valence-corrected chi connectivity index (χ0v) is 17.7. The second-order valence-corrected chi connectivity index (χ2v) is 5.18. The number of allylic oxidation sites excluding steroid dienone is 4. The summed E-state index contributed by atoms with van der Waals surface area (Å²) in [4.78, 5) is 14.3. The average molecular weight is 408 g/mol. The predicted molar refractivity (Wildman–Crippen MR) is 114 cm³/mol. The van der Waals surface area contributed by atoms with Gasteiger partial charge >= 0.3 is 5.97 Å². The lowest BCUT2D eigenvalue weighted by Crippen LogP contribution is -2.00. The van der Waals surface area contributed by atoms with E-state index in [-0.39, 0.29) is 5.97 Å². The minimum absolute atomic E-state index is 0.331. The van der Waals surface area contributed by atoms with Crippen molar-refractivity contribution in [3.63, 3.8) is 0 Å². The van der Waals surface area contributed by atoms with E-state index in [1.165, 1.54) is 7.11 Å². The fourth-order valence-electron chi connectivity index (χ4n) is 1.59. The second-order valence-electron chi connectivity index (χ2n) is 4.33. The van der Waals surface area contributed by atoms with Gasteiger partial charge in [0.05, 0.1) is 12.7 Å². The number of nitrogens with one attached hydrogen (secondary N) is 1. The Morgan fingerprint density at radius 2 is 1.84 bits per heavy atom. The van der Waals surface area contributed by atoms with Crippen LogP contribution in [0.15, 0.2) is 65.8 Å². The van der Waals surface area contributed by atoms with Crippen molar-refractivity contribution < 1.29 is 9.53 Å². The van der Waals surface area contributed by atoms with Crippen LogP contribution in [0.25, 0.3) is 10.9 Å². The molecule has 0 spiro atoms. The molecule has 0 radical (unpaired) electrons. The largest absolute Gasteiger partial charge is 0.465 e. The molecule has 4 heteroatoms. The SMILES string of the molecule is C=C/C=C\C(=C)C.CC.CC.COC(=O)c1cc(Br)c2cc[nH]c2c1. The van der Waals surface area contributed by atoms with Gasteiger partial charge in [-0.3, -0.25) is 0 Å². The number of methoxy groups -OCH3 is 1. The third-order valence-corrected chi connectivity index (χ3v) is 3.21. The standard InChI is InChI=1S/C10H8BrNO2.C7H10.2C2H6/c1-14-10(13)6-4-8(11)7-2-3-12-9(7)5-6;1-4-5-6-7(2)3;2*1-2/h2-5,12H,1H3;4-6H,1-2H2,3H3;2*1-2H3/b;6-5-;;. The van der Waals surface area contributed by atoms with Gasteiger partial charge in [0.15, 0.2) is 0 Å². The van der Waals surface area contributed by atoms with Crippen LogP contribution < -0.4 is 0 Å². The highest BCUT2D eigenvalue weighted by Crippen LogP contribution is 2.25. The van der Waals surface area contributed by atoms with E-state index in [2.05, 4.69) is 38.8 Å². The summed E-state index contributed by atoms with van der Waals surface area (Å²) < 4.78 is 5.53. The summed E-state index contributed by atoms with van der Waals surface area (Å²) in [5.74, 6) is -0.331. The third kappa shape index (κ3) is 9.72. The first-order valence-electron chi connectivity index (χ1n) is 8.29. The number of hydrogen-bond donors (Lipinski definition) is 1. The van der Waals surface area contributed by atoms with Crippen molar-refractivity contribution in [3.05, 3.63) is 71.4 Å². The van der Waals surface area contributed by atoms with Crippen LogP contribution in [0.3, 0.4) is 0 Å². The predicted octanol–water partition coefficient (Wildman–Crippen LogP) is 7.07. The molecule has 0 atom stereocenters. The van der Waals surface area contributed by atoms with Gasteiger partial charge in [-0.15, -0.1) is 0 Å². The van der Waals surface area contributed by atoms with Gasteiger partial charge in [0, 0.05) is 21.6 Å². The lowest BCUT2D eigenvalue weighted by Gasteiger charge is -2.01. The molecule has 3 nitrogen and oxygen atoms in total. The molecule has 0 unspecified atom stereocenters. The van der Waals surface area contributed by atoms with E-state index in [1.54, 1.807) is 18.2 Å². The van der Waals surface area contributed by atoms with Gasteiger partial charge in [0.1, 0.15) is 0 Å². The molecule has 0 saturated carbocycles. The number of carbonyl (C=O) groups is 1. The zero-order valence-electron chi connectivity index (χ0n) is 16.2. The quantitative estimate of drug-likeness (QED) is 0.436. The number of rotatable bonds is 3. The molecule has 2 aromatic rings. The lowest BCUT2D eigenvalue weighted by atomic mass is 10.2. The molecule has 0 bridgehead atoms. The number of H-pyrrole nitrogens is 1. The van der Waals surface area contributed by atoms with Crippen LogP contribution in [0.2, 0.25) is 0 Å². The molecule has 1 N–H and O–H groups in total. The van der Waals surface area contributed by atoms with E-state index >= 15 is 0 Å². The van der Waals surface area contributed by atoms with Crippen molar-refractivity contribution in [1.29, 1.82) is 0 Å². The molecule has 0 aliphatic carbocycles. The van der Waals surface area contributed by atoms with Crippen molar-refractivity contribution in [1.82, 2.24) is 4.98 Å². The van der Waals surface area contributed by atoms with E-state index in [9.17, 15) is 4.79 Å². The topological polar surface area (TPSA) is 42.1 Å². The summed E-state index contributed by atoms with van der Waals surface area (Å²) in [5.41, 5.74) is 2.51. The molecule has 1 aromatic heterocycles. The second kappa shape index (κ2) is 15.5. The number of hydrogen-bond acceptors (Lipinski definition) is 2. The van der Waals surface area contributed by atoms with Gasteiger partial charge in [-0.2, -0.15) is 0 Å². The molecule has 25 heavy (non-hydrogen) atoms. The zero-order chi connectivity index (χ0) is 19.8. The summed E-state index contributed by atoms with van der Waals surface area (Å²) in [6.07, 6.45) is 7.33. The first-order valence-corrected chi connectivity index (χ1v) is 9.08. The van der Waals surface area contributed by atoms with Crippen molar-refractivity contribution in [2.75, 3.05) is 7.11 Å². The van der Waals surface area contributed by atoms with Crippen molar-refractivity contribution >= 4 is 32.8 Å². The minimum Gasteiger partial charge on any atom is -0.465 e. The Kier molecular flexibility index (Phi) is 15.6. The number of esters is 1. The smallest absolute Gasteiger partial charge is 0.337 e. The van der Waals surface area contributed by atoms with Crippen molar-refractivity contribution in [3.8, 4) is 0 Å². The average Bonchev–Trinajstić information content (AvgIpc) is 3.12. The highest BCUT2D eigenvalue weighted by molar-refractivity contribution is 9.10. The normalized spacial score (nSPS) is 8.92. The highest BCUT2D eigenvalue weighted by Gasteiger charge is 2.09. The summed E-state index contributed by atoms with van der Waals surface area (Å²) in [6.45, 7) is 17.1. The first kappa shape index (κ1) is 25.2. The van der Waals surface area contributed by atoms with E-state index in [4.69, 9.17) is 0 Å². The maximum atomic E-state index is 11.3. The van der Waals surface area contributed by atoms with E-state index in [0.29, 0.717) is 5.56 Å². The van der Waals surface area contributed by atoms with Crippen LogP contribution in [-0.2, 0) is 4.74 Å². The van der Waals surface area contributed by atoms with Gasteiger partial charge in [-0.1, -0.05) is 80.6 Å². The number of carbonyl (C=O) groups excluding carboxylic acids is 1.